The van der Waals surface area contributed by atoms with E-state index in [4.69, 9.17) is 0 Å². The van der Waals surface area contributed by atoms with Crippen LogP contribution in [0.3, 0.4) is 0 Å². The van der Waals surface area contributed by atoms with Gasteiger partial charge in [-0.05, 0) is 24.3 Å². The van der Waals surface area contributed by atoms with E-state index in [1.54, 1.807) is 0 Å². The summed E-state index contributed by atoms with van der Waals surface area (Å²) in [5, 5.41) is 4.67. The Morgan fingerprint density at radius 3 is 2.75 bits per heavy atom. The minimum atomic E-state index is 0.972. The minimum Gasteiger partial charge on any atom is -0.303 e. The molecule has 16 heavy (non-hydrogen) atoms. The average molecular weight is 213 g/mol. The van der Waals surface area contributed by atoms with E-state index in [1.165, 1.54) is 23.6 Å². The zero-order valence-electron chi connectivity index (χ0n) is 9.19. The van der Waals surface area contributed by atoms with Gasteiger partial charge in [-0.1, -0.05) is 24.3 Å². The van der Waals surface area contributed by atoms with Gasteiger partial charge in [0.2, 0.25) is 0 Å². The van der Waals surface area contributed by atoms with Crippen LogP contribution < -0.4 is 5.43 Å². The van der Waals surface area contributed by atoms with Crippen LogP contribution in [0.4, 0.5) is 5.82 Å². The third-order valence-electron chi connectivity index (χ3n) is 3.04. The molecule has 0 aliphatic carbocycles. The highest BCUT2D eigenvalue weighted by Crippen LogP contribution is 2.21. The molecule has 1 fully saturated rings. The largest absolute Gasteiger partial charge is 0.303 e. The van der Waals surface area contributed by atoms with Crippen LogP contribution in [0, 0.1) is 0 Å². The fraction of sp³-hybridized carbons (Fsp3) is 0.308. The molecule has 3 nitrogen and oxygen atoms in total. The lowest BCUT2D eigenvalue weighted by Gasteiger charge is -2.18. The average Bonchev–Trinajstić information content (AvgIpc) is 2.82. The summed E-state index contributed by atoms with van der Waals surface area (Å²) in [6.45, 7) is 2.23. The van der Waals surface area contributed by atoms with E-state index in [-0.39, 0.29) is 0 Å². The second-order valence-corrected chi connectivity index (χ2v) is 4.19. The molecule has 2 aromatic rings. The molecule has 1 N–H and O–H groups in total. The number of rotatable bonds is 2. The molecular weight excluding hydrogens is 198 g/mol. The number of benzene rings is 1. The second kappa shape index (κ2) is 4.10. The summed E-state index contributed by atoms with van der Waals surface area (Å²) in [6.07, 6.45) is 4.41. The van der Waals surface area contributed by atoms with E-state index in [1.807, 2.05) is 12.3 Å². The molecule has 82 valence electrons. The van der Waals surface area contributed by atoms with Crippen LogP contribution in [0.5, 0.6) is 0 Å². The van der Waals surface area contributed by atoms with Crippen LogP contribution in [0.25, 0.3) is 10.8 Å². The number of pyridine rings is 1. The van der Waals surface area contributed by atoms with Gasteiger partial charge in [0.05, 0.1) is 0 Å². The smallest absolute Gasteiger partial charge is 0.148 e. The van der Waals surface area contributed by atoms with Crippen LogP contribution in [0.2, 0.25) is 0 Å². The molecule has 1 aromatic heterocycles. The Morgan fingerprint density at radius 2 is 1.88 bits per heavy atom. The first-order valence-corrected chi connectivity index (χ1v) is 5.79. The lowest BCUT2D eigenvalue weighted by atomic mass is 10.2. The van der Waals surface area contributed by atoms with Crippen molar-refractivity contribution in [3.63, 3.8) is 0 Å². The molecule has 0 saturated carbocycles. The number of hydrogen-bond acceptors (Lipinski definition) is 3. The standard InChI is InChI=1S/C13H15N3/c1-2-6-12-11(5-1)7-8-14-13(12)15-16-9-3-4-10-16/h1-2,5-8H,3-4,9-10H2,(H,14,15). The van der Waals surface area contributed by atoms with E-state index >= 15 is 0 Å². The summed E-state index contributed by atoms with van der Waals surface area (Å²) in [4.78, 5) is 4.42. The quantitative estimate of drug-likeness (QED) is 0.831. The van der Waals surface area contributed by atoms with Gasteiger partial charge < -0.3 is 5.43 Å². The van der Waals surface area contributed by atoms with Crippen LogP contribution in [0.1, 0.15) is 12.8 Å². The molecule has 3 heteroatoms. The predicted molar refractivity (Wildman–Crippen MR) is 66.2 cm³/mol. The number of nitrogens with zero attached hydrogens (tertiary/aromatic N) is 2. The van der Waals surface area contributed by atoms with Gasteiger partial charge in [-0.2, -0.15) is 0 Å². The Bertz CT molecular complexity index is 484. The Balaban J connectivity index is 1.96. The van der Waals surface area contributed by atoms with Gasteiger partial charge in [-0.15, -0.1) is 0 Å². The molecular formula is C13H15N3. The Kier molecular flexibility index (Phi) is 2.46. The van der Waals surface area contributed by atoms with Crippen LogP contribution in [0.15, 0.2) is 36.5 Å². The van der Waals surface area contributed by atoms with E-state index in [0.29, 0.717) is 0 Å². The molecule has 1 aliphatic heterocycles. The summed E-state index contributed by atoms with van der Waals surface area (Å²) >= 11 is 0. The van der Waals surface area contributed by atoms with Crippen molar-refractivity contribution in [3.8, 4) is 0 Å². The highest BCUT2D eigenvalue weighted by molar-refractivity contribution is 5.91. The normalized spacial score (nSPS) is 16.8. The fourth-order valence-corrected chi connectivity index (χ4v) is 2.19. The molecule has 3 rings (SSSR count). The van der Waals surface area contributed by atoms with Gasteiger partial charge in [0.15, 0.2) is 0 Å². The van der Waals surface area contributed by atoms with Crippen molar-refractivity contribution in [2.45, 2.75) is 12.8 Å². The molecule has 1 aliphatic rings. The zero-order chi connectivity index (χ0) is 10.8. The third kappa shape index (κ3) is 1.74. The summed E-state index contributed by atoms with van der Waals surface area (Å²) in [7, 11) is 0. The van der Waals surface area contributed by atoms with Crippen molar-refractivity contribution < 1.29 is 0 Å². The maximum Gasteiger partial charge on any atom is 0.148 e. The van der Waals surface area contributed by atoms with Crippen molar-refractivity contribution in [3.05, 3.63) is 36.5 Å². The molecule has 1 aromatic carbocycles. The van der Waals surface area contributed by atoms with Gasteiger partial charge in [0, 0.05) is 24.7 Å². The molecule has 0 spiro atoms. The van der Waals surface area contributed by atoms with Crippen molar-refractivity contribution in [2.75, 3.05) is 18.5 Å². The number of aromatic nitrogens is 1. The lowest BCUT2D eigenvalue weighted by molar-refractivity contribution is 0.409. The molecule has 0 amide bonds. The predicted octanol–water partition coefficient (Wildman–Crippen LogP) is 2.66. The Labute approximate surface area is 95.1 Å². The number of anilines is 1. The third-order valence-corrected chi connectivity index (χ3v) is 3.04. The van der Waals surface area contributed by atoms with Crippen molar-refractivity contribution >= 4 is 16.6 Å². The Hall–Kier alpha value is -1.61. The molecule has 0 atom stereocenters. The second-order valence-electron chi connectivity index (χ2n) is 4.19. The summed E-state index contributed by atoms with van der Waals surface area (Å²) in [5.41, 5.74) is 3.41. The maximum absolute atomic E-state index is 4.42. The van der Waals surface area contributed by atoms with E-state index in [2.05, 4.69) is 39.7 Å². The van der Waals surface area contributed by atoms with E-state index in [0.717, 1.165) is 18.9 Å². The summed E-state index contributed by atoms with van der Waals surface area (Å²) in [5.74, 6) is 0.972. The molecule has 2 heterocycles. The summed E-state index contributed by atoms with van der Waals surface area (Å²) < 4.78 is 0. The fourth-order valence-electron chi connectivity index (χ4n) is 2.19. The van der Waals surface area contributed by atoms with Gasteiger partial charge >= 0.3 is 0 Å². The molecule has 1 saturated heterocycles. The number of nitrogens with one attached hydrogen (secondary N) is 1. The highest BCUT2D eigenvalue weighted by atomic mass is 15.5. The van der Waals surface area contributed by atoms with E-state index in [9.17, 15) is 0 Å². The first-order valence-electron chi connectivity index (χ1n) is 5.79. The van der Waals surface area contributed by atoms with Gasteiger partial charge in [-0.25, -0.2) is 9.99 Å². The van der Waals surface area contributed by atoms with Crippen LogP contribution in [-0.2, 0) is 0 Å². The van der Waals surface area contributed by atoms with Crippen LogP contribution in [-0.4, -0.2) is 23.1 Å². The number of hydrazine groups is 1. The molecule has 0 unspecified atom stereocenters. The van der Waals surface area contributed by atoms with Crippen LogP contribution >= 0.6 is 0 Å². The Morgan fingerprint density at radius 1 is 1.06 bits per heavy atom. The van der Waals surface area contributed by atoms with Gasteiger partial charge in [0.25, 0.3) is 0 Å². The first kappa shape index (κ1) is 9.60. The monoisotopic (exact) mass is 213 g/mol. The minimum absolute atomic E-state index is 0.972. The van der Waals surface area contributed by atoms with Gasteiger partial charge in [0.1, 0.15) is 5.82 Å². The zero-order valence-corrected chi connectivity index (χ0v) is 9.19. The number of hydrogen-bond donors (Lipinski definition) is 1. The van der Waals surface area contributed by atoms with Crippen molar-refractivity contribution in [2.24, 2.45) is 0 Å². The SMILES string of the molecule is c1ccc2c(NN3CCCC3)nccc2c1. The highest BCUT2D eigenvalue weighted by Gasteiger charge is 2.12. The first-order chi connectivity index (χ1) is 7.93. The maximum atomic E-state index is 4.42. The van der Waals surface area contributed by atoms with E-state index < -0.39 is 0 Å². The molecule has 0 radical (unpaired) electrons. The van der Waals surface area contributed by atoms with Crippen molar-refractivity contribution in [1.29, 1.82) is 0 Å². The van der Waals surface area contributed by atoms with Crippen molar-refractivity contribution in [1.82, 2.24) is 9.99 Å². The number of fused-ring (bicyclic) bond motifs is 1. The topological polar surface area (TPSA) is 28.2 Å². The molecule has 0 bridgehead atoms. The van der Waals surface area contributed by atoms with Gasteiger partial charge in [-0.3, -0.25) is 0 Å². The summed E-state index contributed by atoms with van der Waals surface area (Å²) in [6, 6.07) is 10.4. The lowest BCUT2D eigenvalue weighted by Crippen LogP contribution is -2.26.